The maximum Gasteiger partial charge on any atom is 0.223 e. The highest BCUT2D eigenvalue weighted by molar-refractivity contribution is 5.77. The van der Waals surface area contributed by atoms with Gasteiger partial charge in [0.15, 0.2) is 0 Å². The molecule has 0 atom stereocenters. The fraction of sp³-hybridized carbons (Fsp3) is 0.478. The Morgan fingerprint density at radius 2 is 1.64 bits per heavy atom. The highest BCUT2D eigenvalue weighted by Gasteiger charge is 2.21. The Balaban J connectivity index is 1.27. The van der Waals surface area contributed by atoms with Crippen LogP contribution in [0.4, 0.5) is 11.5 Å². The van der Waals surface area contributed by atoms with E-state index in [2.05, 4.69) is 52.0 Å². The summed E-state index contributed by atoms with van der Waals surface area (Å²) in [6.07, 6.45) is 5.75. The molecule has 0 aliphatic carbocycles. The number of nitrogens with zero attached hydrogens (tertiary/aromatic N) is 4. The van der Waals surface area contributed by atoms with Crippen LogP contribution in [0, 0.1) is 6.92 Å². The summed E-state index contributed by atoms with van der Waals surface area (Å²) in [4.78, 5) is 23.9. The number of amides is 1. The molecule has 0 radical (unpaired) electrons. The first-order chi connectivity index (χ1) is 13.7. The van der Waals surface area contributed by atoms with Crippen LogP contribution in [0.1, 0.15) is 30.4 Å². The molecule has 0 spiro atoms. The van der Waals surface area contributed by atoms with Crippen molar-refractivity contribution >= 4 is 17.4 Å². The van der Waals surface area contributed by atoms with E-state index in [1.165, 1.54) is 29.7 Å². The number of piperazine rings is 1. The summed E-state index contributed by atoms with van der Waals surface area (Å²) in [7, 11) is 0. The summed E-state index contributed by atoms with van der Waals surface area (Å²) in [5.41, 5.74) is 3.74. The molecule has 2 aliphatic heterocycles. The van der Waals surface area contributed by atoms with E-state index < -0.39 is 0 Å². The van der Waals surface area contributed by atoms with Crippen LogP contribution in [0.3, 0.4) is 0 Å². The number of anilines is 2. The highest BCUT2D eigenvalue weighted by atomic mass is 16.2. The van der Waals surface area contributed by atoms with Crippen LogP contribution in [0.5, 0.6) is 0 Å². The maximum atomic E-state index is 12.7. The second-order valence-electron chi connectivity index (χ2n) is 7.92. The van der Waals surface area contributed by atoms with E-state index in [1.807, 2.05) is 17.2 Å². The Morgan fingerprint density at radius 3 is 2.36 bits per heavy atom. The molecule has 2 fully saturated rings. The minimum atomic E-state index is 0.267. The average molecular weight is 379 g/mol. The van der Waals surface area contributed by atoms with Crippen LogP contribution in [-0.4, -0.2) is 55.1 Å². The third kappa shape index (κ3) is 4.46. The molecule has 0 unspecified atom stereocenters. The van der Waals surface area contributed by atoms with E-state index in [4.69, 9.17) is 0 Å². The lowest BCUT2D eigenvalue weighted by Crippen LogP contribution is -2.48. The van der Waals surface area contributed by atoms with Crippen molar-refractivity contribution in [2.45, 2.75) is 32.6 Å². The molecule has 4 rings (SSSR count). The summed E-state index contributed by atoms with van der Waals surface area (Å²) < 4.78 is 0. The van der Waals surface area contributed by atoms with Gasteiger partial charge in [0, 0.05) is 57.6 Å². The smallest absolute Gasteiger partial charge is 0.223 e. The molecule has 1 aromatic carbocycles. The molecule has 0 N–H and O–H groups in total. The van der Waals surface area contributed by atoms with Gasteiger partial charge in [-0.3, -0.25) is 4.79 Å². The van der Waals surface area contributed by atoms with Gasteiger partial charge in [0.05, 0.1) is 0 Å². The Bertz CT molecular complexity index is 791. The molecule has 2 aromatic rings. The van der Waals surface area contributed by atoms with Gasteiger partial charge >= 0.3 is 0 Å². The Kier molecular flexibility index (Phi) is 5.79. The average Bonchev–Trinajstić information content (AvgIpc) is 3.28. The zero-order valence-corrected chi connectivity index (χ0v) is 16.8. The molecule has 5 nitrogen and oxygen atoms in total. The number of hydrogen-bond acceptors (Lipinski definition) is 4. The van der Waals surface area contributed by atoms with Crippen LogP contribution >= 0.6 is 0 Å². The fourth-order valence-corrected chi connectivity index (χ4v) is 4.11. The molecule has 2 saturated heterocycles. The predicted molar refractivity (Wildman–Crippen MR) is 114 cm³/mol. The molecule has 3 heterocycles. The van der Waals surface area contributed by atoms with Crippen LogP contribution in [0.2, 0.25) is 0 Å². The van der Waals surface area contributed by atoms with Crippen molar-refractivity contribution in [2.24, 2.45) is 0 Å². The van der Waals surface area contributed by atoms with Gasteiger partial charge in [-0.15, -0.1) is 0 Å². The van der Waals surface area contributed by atoms with E-state index in [1.54, 1.807) is 0 Å². The highest BCUT2D eigenvalue weighted by Crippen LogP contribution is 2.20. The second kappa shape index (κ2) is 8.63. The van der Waals surface area contributed by atoms with E-state index in [0.29, 0.717) is 6.42 Å². The summed E-state index contributed by atoms with van der Waals surface area (Å²) in [5, 5.41) is 0. The molecule has 148 valence electrons. The monoisotopic (exact) mass is 378 g/mol. The number of aromatic nitrogens is 1. The van der Waals surface area contributed by atoms with Crippen molar-refractivity contribution < 1.29 is 4.79 Å². The number of hydrogen-bond donors (Lipinski definition) is 0. The van der Waals surface area contributed by atoms with Crippen LogP contribution in [-0.2, 0) is 11.2 Å². The van der Waals surface area contributed by atoms with E-state index in [0.717, 1.165) is 51.5 Å². The molecule has 1 amide bonds. The summed E-state index contributed by atoms with van der Waals surface area (Å²) in [6, 6.07) is 12.9. The van der Waals surface area contributed by atoms with Gasteiger partial charge in [0.2, 0.25) is 5.91 Å². The lowest BCUT2D eigenvalue weighted by Gasteiger charge is -2.36. The zero-order chi connectivity index (χ0) is 19.3. The van der Waals surface area contributed by atoms with Crippen LogP contribution in [0.25, 0.3) is 0 Å². The minimum absolute atomic E-state index is 0.267. The summed E-state index contributed by atoms with van der Waals surface area (Å²) >= 11 is 0. The molecular weight excluding hydrogens is 348 g/mol. The van der Waals surface area contributed by atoms with E-state index in [-0.39, 0.29) is 5.91 Å². The Hall–Kier alpha value is -2.56. The van der Waals surface area contributed by atoms with Crippen molar-refractivity contribution in [3.05, 3.63) is 53.7 Å². The third-order valence-corrected chi connectivity index (χ3v) is 5.90. The van der Waals surface area contributed by atoms with Gasteiger partial charge in [-0.25, -0.2) is 4.98 Å². The van der Waals surface area contributed by atoms with Gasteiger partial charge in [-0.05, 0) is 56.0 Å². The lowest BCUT2D eigenvalue weighted by atomic mass is 10.1. The van der Waals surface area contributed by atoms with Gasteiger partial charge in [-0.2, -0.15) is 0 Å². The second-order valence-corrected chi connectivity index (χ2v) is 7.92. The van der Waals surface area contributed by atoms with Crippen molar-refractivity contribution in [3.8, 4) is 0 Å². The third-order valence-electron chi connectivity index (χ3n) is 5.90. The SMILES string of the molecule is Cc1ccc(N2CCN(C(=O)CCc3ccnc(N4CCCC4)c3)CC2)cc1. The molecule has 2 aliphatic rings. The van der Waals surface area contributed by atoms with Crippen LogP contribution < -0.4 is 9.80 Å². The van der Waals surface area contributed by atoms with E-state index in [9.17, 15) is 4.79 Å². The molecule has 28 heavy (non-hydrogen) atoms. The first-order valence-corrected chi connectivity index (χ1v) is 10.5. The number of aryl methyl sites for hydroxylation is 2. The quantitative estimate of drug-likeness (QED) is 0.801. The molecule has 1 aromatic heterocycles. The molecular formula is C23H30N4O. The van der Waals surface area contributed by atoms with Gasteiger partial charge in [0.1, 0.15) is 5.82 Å². The molecule has 0 bridgehead atoms. The van der Waals surface area contributed by atoms with Crippen molar-refractivity contribution in [1.82, 2.24) is 9.88 Å². The predicted octanol–water partition coefficient (Wildman–Crippen LogP) is 3.27. The minimum Gasteiger partial charge on any atom is -0.368 e. The fourth-order valence-electron chi connectivity index (χ4n) is 4.11. The van der Waals surface area contributed by atoms with Crippen molar-refractivity contribution in [2.75, 3.05) is 49.1 Å². The van der Waals surface area contributed by atoms with Crippen LogP contribution in [0.15, 0.2) is 42.6 Å². The Labute approximate surface area is 168 Å². The number of rotatable bonds is 5. The Morgan fingerprint density at radius 1 is 0.929 bits per heavy atom. The van der Waals surface area contributed by atoms with Gasteiger partial charge in [-0.1, -0.05) is 17.7 Å². The number of carbonyl (C=O) groups is 1. The van der Waals surface area contributed by atoms with Gasteiger partial charge < -0.3 is 14.7 Å². The normalized spacial score (nSPS) is 17.2. The largest absolute Gasteiger partial charge is 0.368 e. The number of benzene rings is 1. The zero-order valence-electron chi connectivity index (χ0n) is 16.8. The summed E-state index contributed by atoms with van der Waals surface area (Å²) in [6.45, 7) is 7.73. The standard InChI is InChI=1S/C23H30N4O/c1-19-4-7-21(8-5-19)25-14-16-27(17-15-25)23(28)9-6-20-10-11-24-22(18-20)26-12-2-3-13-26/h4-5,7-8,10-11,18H,2-3,6,9,12-17H2,1H3. The van der Waals surface area contributed by atoms with E-state index >= 15 is 0 Å². The van der Waals surface area contributed by atoms with Crippen molar-refractivity contribution in [3.63, 3.8) is 0 Å². The first-order valence-electron chi connectivity index (χ1n) is 10.5. The first kappa shape index (κ1) is 18.8. The lowest BCUT2D eigenvalue weighted by molar-refractivity contribution is -0.131. The summed E-state index contributed by atoms with van der Waals surface area (Å²) in [5.74, 6) is 1.33. The topological polar surface area (TPSA) is 39.7 Å². The maximum absolute atomic E-state index is 12.7. The van der Waals surface area contributed by atoms with Crippen molar-refractivity contribution in [1.29, 1.82) is 0 Å². The molecule has 5 heteroatoms. The number of carbonyl (C=O) groups excluding carboxylic acids is 1. The van der Waals surface area contributed by atoms with Gasteiger partial charge in [0.25, 0.3) is 0 Å². The molecule has 0 saturated carbocycles. The number of pyridine rings is 1.